The van der Waals surface area contributed by atoms with Gasteiger partial charge in [-0.25, -0.2) is 4.79 Å². The van der Waals surface area contributed by atoms with Gasteiger partial charge in [0.25, 0.3) is 0 Å². The lowest BCUT2D eigenvalue weighted by molar-refractivity contribution is 0.252. The Morgan fingerprint density at radius 1 is 0.929 bits per heavy atom. The Balaban J connectivity index is 2.03. The van der Waals surface area contributed by atoms with E-state index in [2.05, 4.69) is 35.8 Å². The average molecular weight is 386 g/mol. The molecule has 2 aromatic carbocycles. The first-order valence-corrected chi connectivity index (χ1v) is 9.74. The van der Waals surface area contributed by atoms with Crippen LogP contribution in [0.15, 0.2) is 36.4 Å². The van der Waals surface area contributed by atoms with Crippen LogP contribution in [0.4, 0.5) is 10.5 Å². The standard InChI is InChI=1S/C22H30N2O4/c1-5-26-19-14-18(15-20(27-6-2)21(19)28-7-3)24-22(25)23-12-11-17-10-8-9-16(4)13-17/h8-10,13-15H,5-7,11-12H2,1-4H3,(H2,23,24,25). The topological polar surface area (TPSA) is 68.8 Å². The number of carbonyl (C=O) groups is 1. The van der Waals surface area contributed by atoms with Crippen LogP contribution >= 0.6 is 0 Å². The third-order valence-electron chi connectivity index (χ3n) is 3.95. The molecule has 0 aliphatic carbocycles. The molecule has 6 heteroatoms. The number of benzene rings is 2. The number of aryl methyl sites for hydroxylation is 1. The molecule has 0 aromatic heterocycles. The first-order valence-electron chi connectivity index (χ1n) is 9.74. The third-order valence-corrected chi connectivity index (χ3v) is 3.95. The zero-order valence-corrected chi connectivity index (χ0v) is 17.1. The Morgan fingerprint density at radius 3 is 2.14 bits per heavy atom. The predicted octanol–water partition coefficient (Wildman–Crippen LogP) is 4.56. The van der Waals surface area contributed by atoms with Crippen molar-refractivity contribution in [3.63, 3.8) is 0 Å². The van der Waals surface area contributed by atoms with Gasteiger partial charge in [-0.1, -0.05) is 29.8 Å². The molecule has 2 amide bonds. The van der Waals surface area contributed by atoms with E-state index in [1.54, 1.807) is 12.1 Å². The molecule has 0 heterocycles. The Morgan fingerprint density at radius 2 is 1.57 bits per heavy atom. The number of anilines is 1. The molecule has 28 heavy (non-hydrogen) atoms. The smallest absolute Gasteiger partial charge is 0.319 e. The molecule has 152 valence electrons. The van der Waals surface area contributed by atoms with Gasteiger partial charge in [-0.3, -0.25) is 0 Å². The van der Waals surface area contributed by atoms with Crippen molar-refractivity contribution in [2.75, 3.05) is 31.7 Å². The maximum Gasteiger partial charge on any atom is 0.319 e. The van der Waals surface area contributed by atoms with Gasteiger partial charge in [0.1, 0.15) is 0 Å². The Kier molecular flexibility index (Phi) is 8.46. The zero-order valence-electron chi connectivity index (χ0n) is 17.1. The molecule has 2 rings (SSSR count). The van der Waals surface area contributed by atoms with E-state index in [9.17, 15) is 4.79 Å². The van der Waals surface area contributed by atoms with E-state index in [0.29, 0.717) is 49.3 Å². The number of nitrogens with one attached hydrogen (secondary N) is 2. The fourth-order valence-electron chi connectivity index (χ4n) is 2.82. The molecule has 2 aromatic rings. The Bertz CT molecular complexity index is 750. The fourth-order valence-corrected chi connectivity index (χ4v) is 2.82. The highest BCUT2D eigenvalue weighted by atomic mass is 16.5. The minimum Gasteiger partial charge on any atom is -0.490 e. The largest absolute Gasteiger partial charge is 0.490 e. The lowest BCUT2D eigenvalue weighted by Gasteiger charge is -2.17. The predicted molar refractivity (Wildman–Crippen MR) is 112 cm³/mol. The summed E-state index contributed by atoms with van der Waals surface area (Å²) in [6.07, 6.45) is 0.771. The SMILES string of the molecule is CCOc1cc(NC(=O)NCCc2cccc(C)c2)cc(OCC)c1OCC. The highest BCUT2D eigenvalue weighted by Crippen LogP contribution is 2.40. The number of urea groups is 1. The number of hydrogen-bond acceptors (Lipinski definition) is 4. The molecule has 0 spiro atoms. The second kappa shape index (κ2) is 11.1. The molecule has 0 unspecified atom stereocenters. The van der Waals surface area contributed by atoms with Crippen LogP contribution in [-0.4, -0.2) is 32.4 Å². The second-order valence-corrected chi connectivity index (χ2v) is 6.22. The van der Waals surface area contributed by atoms with Gasteiger partial charge in [-0.15, -0.1) is 0 Å². The van der Waals surface area contributed by atoms with E-state index in [1.165, 1.54) is 11.1 Å². The summed E-state index contributed by atoms with van der Waals surface area (Å²) in [6.45, 7) is 9.76. The summed E-state index contributed by atoms with van der Waals surface area (Å²) in [5, 5.41) is 5.72. The molecule has 2 N–H and O–H groups in total. The van der Waals surface area contributed by atoms with Gasteiger partial charge in [0.05, 0.1) is 25.5 Å². The molecule has 0 saturated carbocycles. The van der Waals surface area contributed by atoms with E-state index in [-0.39, 0.29) is 6.03 Å². The molecular formula is C22H30N2O4. The fraction of sp³-hybridized carbons (Fsp3) is 0.409. The molecule has 0 saturated heterocycles. The van der Waals surface area contributed by atoms with Crippen molar-refractivity contribution < 1.29 is 19.0 Å². The van der Waals surface area contributed by atoms with E-state index in [4.69, 9.17) is 14.2 Å². The van der Waals surface area contributed by atoms with Crippen LogP contribution < -0.4 is 24.8 Å². The number of carbonyl (C=O) groups excluding carboxylic acids is 1. The monoisotopic (exact) mass is 386 g/mol. The molecule has 0 bridgehead atoms. The summed E-state index contributed by atoms with van der Waals surface area (Å²) < 4.78 is 17.0. The van der Waals surface area contributed by atoms with Crippen LogP contribution in [0.5, 0.6) is 17.2 Å². The molecule has 6 nitrogen and oxygen atoms in total. The lowest BCUT2D eigenvalue weighted by atomic mass is 10.1. The van der Waals surface area contributed by atoms with Crippen LogP contribution in [-0.2, 0) is 6.42 Å². The van der Waals surface area contributed by atoms with E-state index < -0.39 is 0 Å². The van der Waals surface area contributed by atoms with Crippen LogP contribution in [0.25, 0.3) is 0 Å². The van der Waals surface area contributed by atoms with Crippen LogP contribution in [0, 0.1) is 6.92 Å². The summed E-state index contributed by atoms with van der Waals surface area (Å²) in [7, 11) is 0. The average Bonchev–Trinajstić information content (AvgIpc) is 2.65. The second-order valence-electron chi connectivity index (χ2n) is 6.22. The minimum atomic E-state index is -0.276. The highest BCUT2D eigenvalue weighted by molar-refractivity contribution is 5.90. The van der Waals surface area contributed by atoms with E-state index in [1.807, 2.05) is 26.8 Å². The van der Waals surface area contributed by atoms with Gasteiger partial charge >= 0.3 is 6.03 Å². The van der Waals surface area contributed by atoms with Crippen molar-refractivity contribution in [1.29, 1.82) is 0 Å². The quantitative estimate of drug-likeness (QED) is 0.628. The number of rotatable bonds is 10. The molecule has 0 aliphatic heterocycles. The molecule has 0 fully saturated rings. The lowest BCUT2D eigenvalue weighted by Crippen LogP contribution is -2.30. The highest BCUT2D eigenvalue weighted by Gasteiger charge is 2.16. The number of hydrogen-bond donors (Lipinski definition) is 2. The summed E-state index contributed by atoms with van der Waals surface area (Å²) in [4.78, 5) is 12.3. The van der Waals surface area contributed by atoms with Gasteiger partial charge < -0.3 is 24.8 Å². The van der Waals surface area contributed by atoms with Crippen LogP contribution in [0.1, 0.15) is 31.9 Å². The van der Waals surface area contributed by atoms with Gasteiger partial charge in [0.15, 0.2) is 11.5 Å². The molecule has 0 radical (unpaired) electrons. The van der Waals surface area contributed by atoms with Crippen molar-refractivity contribution in [2.24, 2.45) is 0 Å². The summed E-state index contributed by atoms with van der Waals surface area (Å²) in [5.41, 5.74) is 2.99. The van der Waals surface area contributed by atoms with E-state index >= 15 is 0 Å². The summed E-state index contributed by atoms with van der Waals surface area (Å²) in [5.74, 6) is 1.65. The van der Waals surface area contributed by atoms with Crippen LogP contribution in [0.3, 0.4) is 0 Å². The maximum absolute atomic E-state index is 12.3. The van der Waals surface area contributed by atoms with Crippen molar-refractivity contribution in [3.8, 4) is 17.2 Å². The van der Waals surface area contributed by atoms with Crippen molar-refractivity contribution in [2.45, 2.75) is 34.1 Å². The summed E-state index contributed by atoms with van der Waals surface area (Å²) >= 11 is 0. The van der Waals surface area contributed by atoms with Gasteiger partial charge in [-0.2, -0.15) is 0 Å². The first-order chi connectivity index (χ1) is 13.6. The molecular weight excluding hydrogens is 356 g/mol. The molecule has 0 atom stereocenters. The minimum absolute atomic E-state index is 0.276. The normalized spacial score (nSPS) is 10.3. The first kappa shape index (κ1) is 21.4. The maximum atomic E-state index is 12.3. The van der Waals surface area contributed by atoms with Crippen molar-refractivity contribution in [3.05, 3.63) is 47.5 Å². The Hall–Kier alpha value is -2.89. The Labute approximate surface area is 167 Å². The zero-order chi connectivity index (χ0) is 20.4. The molecule has 0 aliphatic rings. The van der Waals surface area contributed by atoms with Gasteiger partial charge in [-0.05, 0) is 39.7 Å². The van der Waals surface area contributed by atoms with Crippen molar-refractivity contribution in [1.82, 2.24) is 5.32 Å². The van der Waals surface area contributed by atoms with Gasteiger partial charge in [0, 0.05) is 18.7 Å². The third kappa shape index (κ3) is 6.37. The van der Waals surface area contributed by atoms with Crippen molar-refractivity contribution >= 4 is 11.7 Å². The summed E-state index contributed by atoms with van der Waals surface area (Å²) in [6, 6.07) is 11.5. The van der Waals surface area contributed by atoms with Crippen LogP contribution in [0.2, 0.25) is 0 Å². The number of amides is 2. The van der Waals surface area contributed by atoms with E-state index in [0.717, 1.165) is 6.42 Å². The number of ether oxygens (including phenoxy) is 3. The van der Waals surface area contributed by atoms with Gasteiger partial charge in [0.2, 0.25) is 5.75 Å².